The lowest BCUT2D eigenvalue weighted by atomic mass is 9.86. The Morgan fingerprint density at radius 3 is 3.00 bits per heavy atom. The summed E-state index contributed by atoms with van der Waals surface area (Å²) in [6.45, 7) is 2.04. The molecule has 2 aromatic heterocycles. The second-order valence-electron chi connectivity index (χ2n) is 5.85. The molecule has 2 N–H and O–H groups in total. The van der Waals surface area contributed by atoms with Crippen LogP contribution in [0.2, 0.25) is 0 Å². The van der Waals surface area contributed by atoms with E-state index in [0.717, 1.165) is 18.5 Å². The molecular formula is C15H17F3N4OS. The monoisotopic (exact) mass is 358 g/mol. The Labute approximate surface area is 140 Å². The van der Waals surface area contributed by atoms with Crippen LogP contribution in [-0.4, -0.2) is 21.1 Å². The minimum atomic E-state index is -4.51. The molecule has 9 heteroatoms. The van der Waals surface area contributed by atoms with E-state index in [2.05, 4.69) is 20.5 Å². The van der Waals surface area contributed by atoms with Crippen LogP contribution < -0.4 is 5.32 Å². The average molecular weight is 358 g/mol. The number of alkyl halides is 3. The quantitative estimate of drug-likeness (QED) is 0.878. The van der Waals surface area contributed by atoms with Crippen molar-refractivity contribution in [2.24, 2.45) is 5.92 Å². The SMILES string of the molecule is CCCc1csc(NC(=O)[C@H]2CCc3[nH]nc(C(F)(F)F)c3C2)n1. The molecule has 0 saturated carbocycles. The zero-order valence-electron chi connectivity index (χ0n) is 13.0. The number of nitrogens with one attached hydrogen (secondary N) is 2. The molecule has 1 aliphatic rings. The van der Waals surface area contributed by atoms with Crippen molar-refractivity contribution < 1.29 is 18.0 Å². The summed E-state index contributed by atoms with van der Waals surface area (Å²) in [5.41, 5.74) is 0.595. The number of fused-ring (bicyclic) bond motifs is 1. The number of carbonyl (C=O) groups is 1. The molecule has 5 nitrogen and oxygen atoms in total. The molecule has 24 heavy (non-hydrogen) atoms. The number of aromatic amines is 1. The fourth-order valence-corrected chi connectivity index (χ4v) is 3.64. The number of rotatable bonds is 4. The molecule has 0 bridgehead atoms. The first kappa shape index (κ1) is 16.9. The Kier molecular flexibility index (Phi) is 4.62. The smallest absolute Gasteiger partial charge is 0.302 e. The van der Waals surface area contributed by atoms with Crippen molar-refractivity contribution in [2.45, 2.75) is 45.2 Å². The third kappa shape index (κ3) is 3.45. The molecule has 0 spiro atoms. The Bertz CT molecular complexity index is 737. The Hall–Kier alpha value is -1.90. The maximum atomic E-state index is 13.0. The molecule has 0 fully saturated rings. The number of carbonyl (C=O) groups excluding carboxylic acids is 1. The van der Waals surface area contributed by atoms with Gasteiger partial charge in [0.15, 0.2) is 10.8 Å². The van der Waals surface area contributed by atoms with Crippen LogP contribution in [0.1, 0.15) is 42.4 Å². The number of aryl methyl sites for hydroxylation is 2. The second-order valence-corrected chi connectivity index (χ2v) is 6.71. The highest BCUT2D eigenvalue weighted by atomic mass is 32.1. The highest BCUT2D eigenvalue weighted by Crippen LogP contribution is 2.36. The summed E-state index contributed by atoms with van der Waals surface area (Å²) in [6.07, 6.45) is -1.79. The van der Waals surface area contributed by atoms with Gasteiger partial charge in [0, 0.05) is 22.6 Å². The van der Waals surface area contributed by atoms with Crippen molar-refractivity contribution in [1.29, 1.82) is 0 Å². The van der Waals surface area contributed by atoms with E-state index in [-0.39, 0.29) is 17.9 Å². The van der Waals surface area contributed by atoms with Gasteiger partial charge in [-0.3, -0.25) is 9.89 Å². The lowest BCUT2D eigenvalue weighted by Crippen LogP contribution is -2.29. The normalized spacial score (nSPS) is 17.6. The summed E-state index contributed by atoms with van der Waals surface area (Å²) in [4.78, 5) is 16.7. The van der Waals surface area contributed by atoms with Crippen LogP contribution in [0.5, 0.6) is 0 Å². The molecule has 0 aliphatic heterocycles. The van der Waals surface area contributed by atoms with E-state index in [1.165, 1.54) is 11.3 Å². The number of nitrogens with zero attached hydrogens (tertiary/aromatic N) is 2. The average Bonchev–Trinajstić information content (AvgIpc) is 3.13. The van der Waals surface area contributed by atoms with E-state index in [1.54, 1.807) is 0 Å². The van der Waals surface area contributed by atoms with E-state index >= 15 is 0 Å². The number of thiazole rings is 1. The lowest BCUT2D eigenvalue weighted by Gasteiger charge is -2.21. The van der Waals surface area contributed by atoms with Crippen molar-refractivity contribution in [3.05, 3.63) is 28.0 Å². The molecule has 1 amide bonds. The number of aromatic nitrogens is 3. The van der Waals surface area contributed by atoms with Gasteiger partial charge < -0.3 is 5.32 Å². The van der Waals surface area contributed by atoms with Gasteiger partial charge in [-0.25, -0.2) is 4.98 Å². The van der Waals surface area contributed by atoms with Gasteiger partial charge in [-0.2, -0.15) is 18.3 Å². The van der Waals surface area contributed by atoms with Gasteiger partial charge in [0.1, 0.15) is 0 Å². The topological polar surface area (TPSA) is 70.7 Å². The van der Waals surface area contributed by atoms with Gasteiger partial charge in [-0.1, -0.05) is 13.3 Å². The standard InChI is InChI=1S/C15H17F3N4OS/c1-2-3-9-7-24-14(19-9)20-13(23)8-4-5-11-10(6-8)12(22-21-11)15(16,17)18/h7-8H,2-6H2,1H3,(H,21,22)(H,19,20,23)/t8-/m0/s1. The van der Waals surface area contributed by atoms with E-state index in [1.807, 2.05) is 12.3 Å². The molecule has 0 aromatic carbocycles. The van der Waals surface area contributed by atoms with Gasteiger partial charge in [-0.15, -0.1) is 11.3 Å². The maximum absolute atomic E-state index is 13.0. The Balaban J connectivity index is 1.70. The molecule has 3 rings (SSSR count). The molecular weight excluding hydrogens is 341 g/mol. The van der Waals surface area contributed by atoms with Gasteiger partial charge in [0.2, 0.25) is 5.91 Å². The highest BCUT2D eigenvalue weighted by Gasteiger charge is 2.40. The van der Waals surface area contributed by atoms with Crippen LogP contribution in [0, 0.1) is 5.92 Å². The Morgan fingerprint density at radius 2 is 2.29 bits per heavy atom. The summed E-state index contributed by atoms with van der Waals surface area (Å²) >= 11 is 1.33. The first-order valence-corrected chi connectivity index (χ1v) is 8.65. The van der Waals surface area contributed by atoms with E-state index < -0.39 is 17.8 Å². The molecule has 0 saturated heterocycles. The van der Waals surface area contributed by atoms with E-state index in [4.69, 9.17) is 0 Å². The molecule has 2 heterocycles. The zero-order valence-corrected chi connectivity index (χ0v) is 13.9. The van der Waals surface area contributed by atoms with Crippen molar-refractivity contribution in [2.75, 3.05) is 5.32 Å². The van der Waals surface area contributed by atoms with Crippen molar-refractivity contribution in [3.8, 4) is 0 Å². The Morgan fingerprint density at radius 1 is 1.50 bits per heavy atom. The minimum absolute atomic E-state index is 0.0414. The summed E-state index contributed by atoms with van der Waals surface area (Å²) in [5.74, 6) is -0.790. The van der Waals surface area contributed by atoms with Gasteiger partial charge in [0.25, 0.3) is 0 Å². The van der Waals surface area contributed by atoms with Gasteiger partial charge in [0.05, 0.1) is 5.69 Å². The van der Waals surface area contributed by atoms with Crippen LogP contribution in [0.3, 0.4) is 0 Å². The van der Waals surface area contributed by atoms with Crippen LogP contribution in [0.15, 0.2) is 5.38 Å². The third-order valence-corrected chi connectivity index (χ3v) is 4.88. The van der Waals surface area contributed by atoms with Crippen molar-refractivity contribution in [3.63, 3.8) is 0 Å². The van der Waals surface area contributed by atoms with Gasteiger partial charge in [-0.05, 0) is 25.7 Å². The molecule has 2 aromatic rings. The van der Waals surface area contributed by atoms with Crippen LogP contribution in [0.25, 0.3) is 0 Å². The number of anilines is 1. The lowest BCUT2D eigenvalue weighted by molar-refractivity contribution is -0.142. The zero-order chi connectivity index (χ0) is 17.3. The van der Waals surface area contributed by atoms with Crippen LogP contribution in [-0.2, 0) is 30.2 Å². The summed E-state index contributed by atoms with van der Waals surface area (Å²) in [7, 11) is 0. The largest absolute Gasteiger partial charge is 0.435 e. The molecule has 130 valence electrons. The summed E-state index contributed by atoms with van der Waals surface area (Å²) < 4.78 is 38.9. The molecule has 0 unspecified atom stereocenters. The molecule has 1 atom stereocenters. The predicted octanol–water partition coefficient (Wildman–Crippen LogP) is 3.58. The molecule has 0 radical (unpaired) electrons. The molecule has 1 aliphatic carbocycles. The van der Waals surface area contributed by atoms with Crippen molar-refractivity contribution >= 4 is 22.4 Å². The first-order valence-electron chi connectivity index (χ1n) is 7.77. The minimum Gasteiger partial charge on any atom is -0.302 e. The van der Waals surface area contributed by atoms with Crippen LogP contribution in [0.4, 0.5) is 18.3 Å². The number of amides is 1. The summed E-state index contributed by atoms with van der Waals surface area (Å²) in [6, 6.07) is 0. The fourth-order valence-electron chi connectivity index (χ4n) is 2.90. The fraction of sp³-hybridized carbons (Fsp3) is 0.533. The van der Waals surface area contributed by atoms with E-state index in [0.29, 0.717) is 23.7 Å². The van der Waals surface area contributed by atoms with Crippen molar-refractivity contribution in [1.82, 2.24) is 15.2 Å². The summed E-state index contributed by atoms with van der Waals surface area (Å²) in [5, 5.41) is 10.9. The number of hydrogen-bond donors (Lipinski definition) is 2. The second kappa shape index (κ2) is 6.54. The predicted molar refractivity (Wildman–Crippen MR) is 83.8 cm³/mol. The number of H-pyrrole nitrogens is 1. The number of halogens is 3. The number of hydrogen-bond acceptors (Lipinski definition) is 4. The van der Waals surface area contributed by atoms with E-state index in [9.17, 15) is 18.0 Å². The first-order chi connectivity index (χ1) is 11.4. The van der Waals surface area contributed by atoms with Gasteiger partial charge >= 0.3 is 6.18 Å². The highest BCUT2D eigenvalue weighted by molar-refractivity contribution is 7.13. The maximum Gasteiger partial charge on any atom is 0.435 e. The third-order valence-electron chi connectivity index (χ3n) is 4.07. The van der Waals surface area contributed by atoms with Crippen LogP contribution >= 0.6 is 11.3 Å².